The van der Waals surface area contributed by atoms with Crippen LogP contribution in [0.25, 0.3) is 0 Å². The molecule has 1 N–H and O–H groups in total. The first-order chi connectivity index (χ1) is 7.61. The quantitative estimate of drug-likeness (QED) is 0.804. The average molecular weight is 238 g/mol. The van der Waals surface area contributed by atoms with E-state index in [-0.39, 0.29) is 17.6 Å². The van der Waals surface area contributed by atoms with Crippen LogP contribution < -0.4 is 4.90 Å². The van der Waals surface area contributed by atoms with Crippen LogP contribution in [0, 0.1) is 5.92 Å². The first kappa shape index (κ1) is 11.0. The molecule has 0 bridgehead atoms. The predicted octanol–water partition coefficient (Wildman–Crippen LogP) is 2.58. The molecule has 0 aromatic heterocycles. The van der Waals surface area contributed by atoms with Crippen LogP contribution in [0.2, 0.25) is 5.02 Å². The number of aromatic hydroxyl groups is 1. The molecule has 16 heavy (non-hydrogen) atoms. The summed E-state index contributed by atoms with van der Waals surface area (Å²) in [7, 11) is 0. The van der Waals surface area contributed by atoms with Crippen LogP contribution >= 0.6 is 11.6 Å². The molecule has 0 spiro atoms. The van der Waals surface area contributed by atoms with Gasteiger partial charge in [0, 0.05) is 30.0 Å². The van der Waals surface area contributed by atoms with E-state index in [1.54, 1.807) is 23.1 Å². The Morgan fingerprint density at radius 3 is 2.88 bits per heavy atom. The van der Waals surface area contributed by atoms with E-state index in [9.17, 15) is 9.90 Å². The Morgan fingerprint density at radius 1 is 1.56 bits per heavy atom. The third-order valence-corrected chi connectivity index (χ3v) is 2.95. The maximum atomic E-state index is 11.7. The summed E-state index contributed by atoms with van der Waals surface area (Å²) >= 11 is 5.74. The molecule has 1 saturated heterocycles. The molecular formula is C12H12ClNO2. The highest BCUT2D eigenvalue weighted by molar-refractivity contribution is 6.30. The van der Waals surface area contributed by atoms with Gasteiger partial charge in [0.05, 0.1) is 5.69 Å². The summed E-state index contributed by atoms with van der Waals surface area (Å²) in [4.78, 5) is 13.3. The number of phenols is 1. The van der Waals surface area contributed by atoms with Gasteiger partial charge in [-0.3, -0.25) is 4.79 Å². The van der Waals surface area contributed by atoms with Gasteiger partial charge in [0.15, 0.2) is 0 Å². The van der Waals surface area contributed by atoms with Crippen molar-refractivity contribution in [2.45, 2.75) is 6.42 Å². The molecule has 1 heterocycles. The van der Waals surface area contributed by atoms with Gasteiger partial charge in [0.25, 0.3) is 0 Å². The fraction of sp³-hybridized carbons (Fsp3) is 0.250. The van der Waals surface area contributed by atoms with Gasteiger partial charge in [-0.25, -0.2) is 0 Å². The highest BCUT2D eigenvalue weighted by atomic mass is 35.5. The standard InChI is InChI=1S/C12H12ClNO2/c1-2-8-5-12(16)14(7-8)10-4-3-9(13)6-11(10)15/h2-4,6,8,15H,1,5,7H2. The number of hydrogen-bond acceptors (Lipinski definition) is 2. The summed E-state index contributed by atoms with van der Waals surface area (Å²) in [6, 6.07) is 4.75. The lowest BCUT2D eigenvalue weighted by atomic mass is 10.1. The second kappa shape index (κ2) is 4.18. The number of rotatable bonds is 2. The average Bonchev–Trinajstić information content (AvgIpc) is 2.60. The number of hydrogen-bond donors (Lipinski definition) is 1. The molecule has 0 aliphatic carbocycles. The van der Waals surface area contributed by atoms with Crippen LogP contribution in [0.15, 0.2) is 30.9 Å². The minimum Gasteiger partial charge on any atom is -0.506 e. The Hall–Kier alpha value is -1.48. The normalized spacial score (nSPS) is 20.2. The third kappa shape index (κ3) is 1.91. The van der Waals surface area contributed by atoms with E-state index in [0.717, 1.165) is 0 Å². The minimum absolute atomic E-state index is 0.00234. The van der Waals surface area contributed by atoms with Crippen LogP contribution in [0.1, 0.15) is 6.42 Å². The summed E-state index contributed by atoms with van der Waals surface area (Å²) < 4.78 is 0. The maximum Gasteiger partial charge on any atom is 0.227 e. The van der Waals surface area contributed by atoms with Crippen LogP contribution in [-0.2, 0) is 4.79 Å². The zero-order valence-corrected chi connectivity index (χ0v) is 9.44. The summed E-state index contributed by atoms with van der Waals surface area (Å²) in [6.45, 7) is 4.25. The molecule has 0 saturated carbocycles. The number of anilines is 1. The van der Waals surface area contributed by atoms with Crippen molar-refractivity contribution in [1.29, 1.82) is 0 Å². The van der Waals surface area contributed by atoms with Gasteiger partial charge in [-0.2, -0.15) is 0 Å². The summed E-state index contributed by atoms with van der Waals surface area (Å²) in [5.41, 5.74) is 0.513. The van der Waals surface area contributed by atoms with E-state index in [1.165, 1.54) is 6.07 Å². The Balaban J connectivity index is 2.31. The molecule has 0 radical (unpaired) electrons. The van der Waals surface area contributed by atoms with Crippen LogP contribution in [0.4, 0.5) is 5.69 Å². The lowest BCUT2D eigenvalue weighted by Crippen LogP contribution is -2.24. The van der Waals surface area contributed by atoms with Crippen molar-refractivity contribution in [3.63, 3.8) is 0 Å². The lowest BCUT2D eigenvalue weighted by molar-refractivity contribution is -0.117. The van der Waals surface area contributed by atoms with E-state index in [0.29, 0.717) is 23.7 Å². The van der Waals surface area contributed by atoms with E-state index < -0.39 is 0 Å². The Morgan fingerprint density at radius 2 is 2.31 bits per heavy atom. The second-order valence-electron chi connectivity index (χ2n) is 3.84. The first-order valence-electron chi connectivity index (χ1n) is 5.03. The molecule has 1 atom stereocenters. The van der Waals surface area contributed by atoms with Crippen molar-refractivity contribution in [2.75, 3.05) is 11.4 Å². The van der Waals surface area contributed by atoms with Crippen molar-refractivity contribution in [2.24, 2.45) is 5.92 Å². The lowest BCUT2D eigenvalue weighted by Gasteiger charge is -2.17. The Bertz CT molecular complexity index is 445. The smallest absolute Gasteiger partial charge is 0.227 e. The fourth-order valence-corrected chi connectivity index (χ4v) is 2.02. The Labute approximate surface area is 98.9 Å². The molecule has 1 unspecified atom stereocenters. The molecule has 4 heteroatoms. The maximum absolute atomic E-state index is 11.7. The van der Waals surface area contributed by atoms with Crippen molar-refractivity contribution < 1.29 is 9.90 Å². The van der Waals surface area contributed by atoms with Crippen LogP contribution in [-0.4, -0.2) is 17.6 Å². The summed E-state index contributed by atoms with van der Waals surface area (Å²) in [6.07, 6.45) is 2.22. The molecule has 1 aromatic rings. The number of carbonyl (C=O) groups excluding carboxylic acids is 1. The molecule has 1 aromatic carbocycles. The van der Waals surface area contributed by atoms with Gasteiger partial charge < -0.3 is 10.0 Å². The molecular weight excluding hydrogens is 226 g/mol. The monoisotopic (exact) mass is 237 g/mol. The molecule has 84 valence electrons. The van der Waals surface area contributed by atoms with E-state index in [1.807, 2.05) is 0 Å². The fourth-order valence-electron chi connectivity index (χ4n) is 1.85. The highest BCUT2D eigenvalue weighted by Gasteiger charge is 2.30. The van der Waals surface area contributed by atoms with Gasteiger partial charge in [-0.05, 0) is 12.1 Å². The zero-order valence-electron chi connectivity index (χ0n) is 8.69. The van der Waals surface area contributed by atoms with Crippen molar-refractivity contribution in [1.82, 2.24) is 0 Å². The minimum atomic E-state index is 0.00234. The van der Waals surface area contributed by atoms with Crippen molar-refractivity contribution in [3.8, 4) is 5.75 Å². The van der Waals surface area contributed by atoms with E-state index in [4.69, 9.17) is 11.6 Å². The van der Waals surface area contributed by atoms with Crippen molar-refractivity contribution in [3.05, 3.63) is 35.9 Å². The number of amides is 1. The molecule has 2 rings (SSSR count). The molecule has 1 fully saturated rings. The van der Waals surface area contributed by atoms with Gasteiger partial charge >= 0.3 is 0 Å². The van der Waals surface area contributed by atoms with Gasteiger partial charge in [-0.1, -0.05) is 17.7 Å². The number of halogens is 1. The van der Waals surface area contributed by atoms with Gasteiger partial charge in [0.1, 0.15) is 5.75 Å². The summed E-state index contributed by atoms with van der Waals surface area (Å²) in [5.74, 6) is 0.190. The third-order valence-electron chi connectivity index (χ3n) is 2.72. The first-order valence-corrected chi connectivity index (χ1v) is 5.41. The molecule has 1 amide bonds. The number of carbonyl (C=O) groups is 1. The zero-order chi connectivity index (χ0) is 11.7. The number of benzene rings is 1. The molecule has 1 aliphatic rings. The molecule has 3 nitrogen and oxygen atoms in total. The largest absolute Gasteiger partial charge is 0.506 e. The number of nitrogens with zero attached hydrogens (tertiary/aromatic N) is 1. The van der Waals surface area contributed by atoms with Crippen molar-refractivity contribution >= 4 is 23.2 Å². The predicted molar refractivity (Wildman–Crippen MR) is 63.8 cm³/mol. The van der Waals surface area contributed by atoms with E-state index >= 15 is 0 Å². The SMILES string of the molecule is C=CC1CC(=O)N(c2ccc(Cl)cc2O)C1. The van der Waals surface area contributed by atoms with Crippen LogP contribution in [0.3, 0.4) is 0 Å². The summed E-state index contributed by atoms with van der Waals surface area (Å²) in [5, 5.41) is 10.2. The van der Waals surface area contributed by atoms with Crippen LogP contribution in [0.5, 0.6) is 5.75 Å². The second-order valence-corrected chi connectivity index (χ2v) is 4.27. The number of phenolic OH excluding ortho intramolecular Hbond substituents is 1. The van der Waals surface area contributed by atoms with Gasteiger partial charge in [-0.15, -0.1) is 6.58 Å². The van der Waals surface area contributed by atoms with Gasteiger partial charge in [0.2, 0.25) is 5.91 Å². The molecule has 1 aliphatic heterocycles. The topological polar surface area (TPSA) is 40.5 Å². The van der Waals surface area contributed by atoms with E-state index in [2.05, 4.69) is 6.58 Å². The Kier molecular flexibility index (Phi) is 2.88. The highest BCUT2D eigenvalue weighted by Crippen LogP contribution is 2.34.